The second kappa shape index (κ2) is 5.53. The van der Waals surface area contributed by atoms with Gasteiger partial charge in [-0.3, -0.25) is 0 Å². The van der Waals surface area contributed by atoms with Gasteiger partial charge in [-0.25, -0.2) is 0 Å². The minimum Gasteiger partial charge on any atom is -0.378 e. The maximum Gasteiger partial charge on any atom is 0.0705 e. The van der Waals surface area contributed by atoms with E-state index >= 15 is 0 Å². The molecular weight excluding hydrogens is 260 g/mol. The van der Waals surface area contributed by atoms with Crippen molar-refractivity contribution in [1.29, 1.82) is 0 Å². The molecule has 1 heterocycles. The lowest BCUT2D eigenvalue weighted by Crippen LogP contribution is -2.45. The molecule has 0 saturated heterocycles. The fourth-order valence-corrected chi connectivity index (χ4v) is 2.91. The molecular formula is C15H19ClN2O. The highest BCUT2D eigenvalue weighted by Crippen LogP contribution is 2.28. The van der Waals surface area contributed by atoms with E-state index in [4.69, 9.17) is 16.3 Å². The molecule has 0 spiro atoms. The highest BCUT2D eigenvalue weighted by atomic mass is 35.5. The van der Waals surface area contributed by atoms with E-state index in [0.717, 1.165) is 47.6 Å². The van der Waals surface area contributed by atoms with Crippen molar-refractivity contribution in [2.45, 2.75) is 38.5 Å². The normalized spacial score (nSPS) is 22.6. The molecule has 19 heavy (non-hydrogen) atoms. The second-order valence-electron chi connectivity index (χ2n) is 5.09. The third-order valence-corrected chi connectivity index (χ3v) is 4.21. The summed E-state index contributed by atoms with van der Waals surface area (Å²) in [6.45, 7) is 3.65. The quantitative estimate of drug-likeness (QED) is 0.879. The summed E-state index contributed by atoms with van der Waals surface area (Å²) < 4.78 is 5.56. The zero-order valence-corrected chi connectivity index (χ0v) is 11.8. The molecule has 102 valence electrons. The number of para-hydroxylation sites is 1. The Balaban J connectivity index is 1.59. The second-order valence-corrected chi connectivity index (χ2v) is 5.47. The Morgan fingerprint density at radius 1 is 1.37 bits per heavy atom. The first kappa shape index (κ1) is 13.0. The van der Waals surface area contributed by atoms with Crippen LogP contribution in [0.1, 0.15) is 25.5 Å². The van der Waals surface area contributed by atoms with Gasteiger partial charge in [-0.15, -0.1) is 0 Å². The van der Waals surface area contributed by atoms with Gasteiger partial charge in [0, 0.05) is 35.8 Å². The lowest BCUT2D eigenvalue weighted by atomic mass is 9.89. The minimum atomic E-state index is 0.445. The number of aromatic nitrogens is 1. The molecule has 1 saturated carbocycles. The summed E-state index contributed by atoms with van der Waals surface area (Å²) >= 11 is 6.38. The van der Waals surface area contributed by atoms with E-state index in [0.29, 0.717) is 12.1 Å². The van der Waals surface area contributed by atoms with Crippen molar-refractivity contribution in [2.75, 3.05) is 6.61 Å². The summed E-state index contributed by atoms with van der Waals surface area (Å²) in [7, 11) is 0. The van der Waals surface area contributed by atoms with Crippen molar-refractivity contribution >= 4 is 22.5 Å². The zero-order chi connectivity index (χ0) is 13.2. The molecule has 2 aromatic rings. The van der Waals surface area contributed by atoms with Crippen LogP contribution in [0.4, 0.5) is 0 Å². The van der Waals surface area contributed by atoms with Crippen LogP contribution in [-0.4, -0.2) is 23.7 Å². The van der Waals surface area contributed by atoms with E-state index in [1.54, 1.807) is 0 Å². The molecule has 0 unspecified atom stereocenters. The summed E-state index contributed by atoms with van der Waals surface area (Å²) in [6, 6.07) is 8.69. The first-order valence-electron chi connectivity index (χ1n) is 6.88. The van der Waals surface area contributed by atoms with Gasteiger partial charge in [0.1, 0.15) is 0 Å². The van der Waals surface area contributed by atoms with Crippen molar-refractivity contribution < 1.29 is 4.74 Å². The van der Waals surface area contributed by atoms with Gasteiger partial charge in [0.05, 0.1) is 11.1 Å². The molecule has 0 atom stereocenters. The third kappa shape index (κ3) is 2.64. The van der Waals surface area contributed by atoms with Gasteiger partial charge < -0.3 is 15.0 Å². The number of hydrogen-bond acceptors (Lipinski definition) is 2. The number of benzene rings is 1. The van der Waals surface area contributed by atoms with Crippen LogP contribution in [0.2, 0.25) is 5.02 Å². The molecule has 1 aliphatic carbocycles. The number of H-pyrrole nitrogens is 1. The van der Waals surface area contributed by atoms with E-state index in [2.05, 4.69) is 16.4 Å². The molecule has 2 N–H and O–H groups in total. The smallest absolute Gasteiger partial charge is 0.0705 e. The number of aromatic amines is 1. The standard InChI is InChI=1S/C15H19ClN2O/c1-2-19-11-7-10(8-11)17-9-14-15(16)12-5-3-4-6-13(12)18-14/h3-6,10-11,17-18H,2,7-9H2,1H3. The minimum absolute atomic E-state index is 0.445. The topological polar surface area (TPSA) is 37.0 Å². The average molecular weight is 279 g/mol. The average Bonchev–Trinajstić information content (AvgIpc) is 2.70. The molecule has 1 fully saturated rings. The van der Waals surface area contributed by atoms with E-state index in [1.165, 1.54) is 0 Å². The highest BCUT2D eigenvalue weighted by molar-refractivity contribution is 6.36. The van der Waals surface area contributed by atoms with E-state index < -0.39 is 0 Å². The van der Waals surface area contributed by atoms with Crippen molar-refractivity contribution in [2.24, 2.45) is 0 Å². The van der Waals surface area contributed by atoms with Gasteiger partial charge in [0.25, 0.3) is 0 Å². The fourth-order valence-electron chi connectivity index (χ4n) is 2.64. The number of rotatable bonds is 5. The summed E-state index contributed by atoms with van der Waals surface area (Å²) in [5.74, 6) is 0. The predicted molar refractivity (Wildman–Crippen MR) is 78.6 cm³/mol. The number of hydrogen-bond donors (Lipinski definition) is 2. The Hall–Kier alpha value is -1.03. The van der Waals surface area contributed by atoms with Crippen LogP contribution < -0.4 is 5.32 Å². The molecule has 1 aliphatic rings. The molecule has 0 amide bonds. The summed E-state index contributed by atoms with van der Waals surface area (Å²) in [6.07, 6.45) is 2.65. The third-order valence-electron chi connectivity index (χ3n) is 3.78. The van der Waals surface area contributed by atoms with E-state index in [9.17, 15) is 0 Å². The van der Waals surface area contributed by atoms with Crippen LogP contribution in [0.25, 0.3) is 10.9 Å². The molecule has 1 aromatic carbocycles. The van der Waals surface area contributed by atoms with E-state index in [-0.39, 0.29) is 0 Å². The van der Waals surface area contributed by atoms with Gasteiger partial charge >= 0.3 is 0 Å². The molecule has 0 aliphatic heterocycles. The molecule has 0 radical (unpaired) electrons. The number of nitrogens with one attached hydrogen (secondary N) is 2. The van der Waals surface area contributed by atoms with Crippen molar-refractivity contribution in [3.05, 3.63) is 35.0 Å². The van der Waals surface area contributed by atoms with Gasteiger partial charge in [-0.05, 0) is 25.8 Å². The lowest BCUT2D eigenvalue weighted by Gasteiger charge is -2.35. The van der Waals surface area contributed by atoms with Crippen LogP contribution in [0, 0.1) is 0 Å². The molecule has 3 nitrogen and oxygen atoms in total. The summed E-state index contributed by atoms with van der Waals surface area (Å²) in [5.41, 5.74) is 2.17. The van der Waals surface area contributed by atoms with Crippen LogP contribution in [0.3, 0.4) is 0 Å². The maximum atomic E-state index is 6.38. The number of fused-ring (bicyclic) bond motifs is 1. The Labute approximate surface area is 118 Å². The SMILES string of the molecule is CCOC1CC(NCc2[nH]c3ccccc3c2Cl)C1. The van der Waals surface area contributed by atoms with Crippen LogP contribution in [0.5, 0.6) is 0 Å². The van der Waals surface area contributed by atoms with Crippen molar-refractivity contribution in [3.8, 4) is 0 Å². The first-order chi connectivity index (χ1) is 9.28. The molecule has 3 rings (SSSR count). The van der Waals surface area contributed by atoms with Gasteiger partial charge in [-0.2, -0.15) is 0 Å². The highest BCUT2D eigenvalue weighted by Gasteiger charge is 2.29. The fraction of sp³-hybridized carbons (Fsp3) is 0.467. The van der Waals surface area contributed by atoms with Crippen LogP contribution >= 0.6 is 11.6 Å². The van der Waals surface area contributed by atoms with Gasteiger partial charge in [0.15, 0.2) is 0 Å². The van der Waals surface area contributed by atoms with Crippen molar-refractivity contribution in [3.63, 3.8) is 0 Å². The largest absolute Gasteiger partial charge is 0.378 e. The number of halogens is 1. The maximum absolute atomic E-state index is 6.38. The number of ether oxygens (including phenoxy) is 1. The first-order valence-corrected chi connectivity index (χ1v) is 7.25. The van der Waals surface area contributed by atoms with Gasteiger partial charge in [0.2, 0.25) is 0 Å². The summed E-state index contributed by atoms with van der Waals surface area (Å²) in [4.78, 5) is 3.38. The van der Waals surface area contributed by atoms with Crippen molar-refractivity contribution in [1.82, 2.24) is 10.3 Å². The zero-order valence-electron chi connectivity index (χ0n) is 11.1. The van der Waals surface area contributed by atoms with Crippen LogP contribution in [0.15, 0.2) is 24.3 Å². The van der Waals surface area contributed by atoms with Gasteiger partial charge in [-0.1, -0.05) is 29.8 Å². The monoisotopic (exact) mass is 278 g/mol. The van der Waals surface area contributed by atoms with E-state index in [1.807, 2.05) is 25.1 Å². The Bertz CT molecular complexity index is 560. The molecule has 0 bridgehead atoms. The van der Waals surface area contributed by atoms with Crippen LogP contribution in [-0.2, 0) is 11.3 Å². The summed E-state index contributed by atoms with van der Waals surface area (Å²) in [5, 5.41) is 5.47. The Morgan fingerprint density at radius 2 is 2.16 bits per heavy atom. The molecule has 4 heteroatoms. The Morgan fingerprint density at radius 3 is 2.89 bits per heavy atom. The Kier molecular flexibility index (Phi) is 3.78. The molecule has 1 aromatic heterocycles. The predicted octanol–water partition coefficient (Wildman–Crippen LogP) is 3.48. The lowest BCUT2D eigenvalue weighted by molar-refractivity contribution is -0.0102.